The van der Waals surface area contributed by atoms with Crippen molar-refractivity contribution in [3.63, 3.8) is 0 Å². The van der Waals surface area contributed by atoms with Gasteiger partial charge in [-0.15, -0.1) is 11.3 Å². The molecule has 4 aromatic rings. The van der Waals surface area contributed by atoms with Gasteiger partial charge in [0.25, 0.3) is 5.91 Å². The van der Waals surface area contributed by atoms with Crippen LogP contribution < -0.4 is 10.6 Å². The second-order valence-corrected chi connectivity index (χ2v) is 8.39. The van der Waals surface area contributed by atoms with Gasteiger partial charge in [0.05, 0.1) is 6.04 Å². The molecular formula is C25H24N4OS. The smallest absolute Gasteiger partial charge is 0.256 e. The largest absolute Gasteiger partial charge is 0.359 e. The molecule has 0 radical (unpaired) electrons. The topological polar surface area (TPSA) is 66.9 Å². The molecule has 0 unspecified atom stereocenters. The zero-order chi connectivity index (χ0) is 21.6. The second-order valence-electron chi connectivity index (χ2n) is 7.25. The van der Waals surface area contributed by atoms with Crippen molar-refractivity contribution in [2.24, 2.45) is 0 Å². The maximum absolute atomic E-state index is 12.9. The molecule has 0 aliphatic heterocycles. The average molecular weight is 429 g/mol. The highest BCUT2D eigenvalue weighted by atomic mass is 32.1. The lowest BCUT2D eigenvalue weighted by atomic mass is 10.0. The number of pyridine rings is 2. The molecule has 0 spiro atoms. The van der Waals surface area contributed by atoms with Crippen LogP contribution in [0.5, 0.6) is 0 Å². The predicted molar refractivity (Wildman–Crippen MR) is 127 cm³/mol. The Kier molecular flexibility index (Phi) is 6.38. The van der Waals surface area contributed by atoms with Crippen molar-refractivity contribution < 1.29 is 4.79 Å². The fraction of sp³-hybridized carbons (Fsp3) is 0.160. The maximum atomic E-state index is 12.9. The van der Waals surface area contributed by atoms with E-state index in [9.17, 15) is 4.79 Å². The van der Waals surface area contributed by atoms with Gasteiger partial charge in [0.2, 0.25) is 0 Å². The number of carbonyl (C=O) groups excluding carboxylic acids is 1. The summed E-state index contributed by atoms with van der Waals surface area (Å²) >= 11 is 1.61. The number of rotatable bonds is 7. The third-order valence-electron chi connectivity index (χ3n) is 4.96. The predicted octanol–water partition coefficient (Wildman–Crippen LogP) is 5.86. The Morgan fingerprint density at radius 3 is 2.61 bits per heavy atom. The third kappa shape index (κ3) is 4.98. The molecule has 0 saturated heterocycles. The van der Waals surface area contributed by atoms with Gasteiger partial charge in [-0.3, -0.25) is 9.78 Å². The summed E-state index contributed by atoms with van der Waals surface area (Å²) in [6, 6.07) is 19.2. The number of nitrogens with zero attached hydrogens (tertiary/aromatic N) is 2. The van der Waals surface area contributed by atoms with E-state index in [2.05, 4.69) is 33.6 Å². The maximum Gasteiger partial charge on any atom is 0.256 e. The van der Waals surface area contributed by atoms with E-state index in [0.29, 0.717) is 5.56 Å². The lowest BCUT2D eigenvalue weighted by Gasteiger charge is -2.21. The van der Waals surface area contributed by atoms with Crippen LogP contribution in [-0.2, 0) is 6.42 Å². The number of hydrogen-bond donors (Lipinski definition) is 2. The Morgan fingerprint density at radius 2 is 1.90 bits per heavy atom. The summed E-state index contributed by atoms with van der Waals surface area (Å²) in [4.78, 5) is 22.9. The number of anilines is 2. The number of hydrogen-bond acceptors (Lipinski definition) is 5. The molecule has 0 fully saturated rings. The highest BCUT2D eigenvalue weighted by Gasteiger charge is 2.23. The third-order valence-corrected chi connectivity index (χ3v) is 6.17. The van der Waals surface area contributed by atoms with E-state index in [1.807, 2.05) is 67.7 Å². The Balaban J connectivity index is 1.73. The molecule has 2 N–H and O–H groups in total. The summed E-state index contributed by atoms with van der Waals surface area (Å²) < 4.78 is 0. The molecule has 0 aliphatic rings. The molecule has 3 aromatic heterocycles. The first-order valence-corrected chi connectivity index (χ1v) is 11.0. The van der Waals surface area contributed by atoms with Crippen molar-refractivity contribution in [1.29, 1.82) is 0 Å². The van der Waals surface area contributed by atoms with E-state index < -0.39 is 0 Å². The van der Waals surface area contributed by atoms with Crippen LogP contribution in [-0.4, -0.2) is 15.9 Å². The Labute approximate surface area is 186 Å². The van der Waals surface area contributed by atoms with Crippen LogP contribution in [0.3, 0.4) is 0 Å². The number of amides is 1. The summed E-state index contributed by atoms with van der Waals surface area (Å²) in [6.45, 7) is 4.16. The van der Waals surface area contributed by atoms with E-state index >= 15 is 0 Å². The average Bonchev–Trinajstić information content (AvgIpc) is 3.21. The standard InChI is InChI=1S/C25H24N4OS/c1-3-20-15-21(25(31-20)29-24(30)18-8-5-4-6-9-18)23(19-10-7-12-26-16-19)28-22-14-17(2)11-13-27-22/h4-16,23H,3H2,1-2H3,(H,27,28)(H,29,30)/t23-/m0/s1. The van der Waals surface area contributed by atoms with Crippen molar-refractivity contribution in [3.05, 3.63) is 106 Å². The van der Waals surface area contributed by atoms with Gasteiger partial charge in [0.1, 0.15) is 10.8 Å². The van der Waals surface area contributed by atoms with Crippen LogP contribution in [0.2, 0.25) is 0 Å². The first-order valence-electron chi connectivity index (χ1n) is 10.2. The summed E-state index contributed by atoms with van der Waals surface area (Å²) in [6.07, 6.45) is 6.29. The fourth-order valence-electron chi connectivity index (χ4n) is 3.36. The van der Waals surface area contributed by atoms with Gasteiger partial charge in [-0.25, -0.2) is 4.98 Å². The van der Waals surface area contributed by atoms with Crippen LogP contribution in [0.25, 0.3) is 0 Å². The van der Waals surface area contributed by atoms with Gasteiger partial charge >= 0.3 is 0 Å². The molecule has 5 nitrogen and oxygen atoms in total. The van der Waals surface area contributed by atoms with Crippen molar-refractivity contribution in [3.8, 4) is 0 Å². The van der Waals surface area contributed by atoms with Crippen molar-refractivity contribution in [2.45, 2.75) is 26.3 Å². The van der Waals surface area contributed by atoms with Gasteiger partial charge < -0.3 is 10.6 Å². The minimum atomic E-state index is -0.203. The minimum Gasteiger partial charge on any atom is -0.359 e. The lowest BCUT2D eigenvalue weighted by Crippen LogP contribution is -2.17. The number of carbonyl (C=O) groups is 1. The molecular weight excluding hydrogens is 404 g/mol. The minimum absolute atomic E-state index is 0.120. The molecule has 1 aromatic carbocycles. The van der Waals surface area contributed by atoms with Crippen LogP contribution >= 0.6 is 11.3 Å². The summed E-state index contributed by atoms with van der Waals surface area (Å²) in [5, 5.41) is 7.51. The normalized spacial score (nSPS) is 11.7. The lowest BCUT2D eigenvalue weighted by molar-refractivity contribution is 0.102. The monoisotopic (exact) mass is 428 g/mol. The van der Waals surface area contributed by atoms with Gasteiger partial charge in [0, 0.05) is 34.6 Å². The molecule has 156 valence electrons. The zero-order valence-electron chi connectivity index (χ0n) is 17.5. The van der Waals surface area contributed by atoms with Crippen molar-refractivity contribution >= 4 is 28.1 Å². The molecule has 3 heterocycles. The molecule has 4 rings (SSSR count). The molecule has 0 bridgehead atoms. The molecule has 6 heteroatoms. The van der Waals surface area contributed by atoms with Crippen LogP contribution in [0, 0.1) is 6.92 Å². The zero-order valence-corrected chi connectivity index (χ0v) is 18.3. The van der Waals surface area contributed by atoms with Gasteiger partial charge in [-0.05, 0) is 60.9 Å². The van der Waals surface area contributed by atoms with E-state index in [0.717, 1.165) is 33.9 Å². The van der Waals surface area contributed by atoms with Crippen LogP contribution in [0.1, 0.15) is 44.9 Å². The molecule has 0 aliphatic carbocycles. The quantitative estimate of drug-likeness (QED) is 0.387. The Morgan fingerprint density at radius 1 is 1.06 bits per heavy atom. The van der Waals surface area contributed by atoms with Gasteiger partial charge in [-0.2, -0.15) is 0 Å². The fourth-order valence-corrected chi connectivity index (χ4v) is 4.39. The second kappa shape index (κ2) is 9.53. The number of aromatic nitrogens is 2. The van der Waals surface area contributed by atoms with Gasteiger partial charge in [0.15, 0.2) is 0 Å². The number of thiophene rings is 1. The van der Waals surface area contributed by atoms with Gasteiger partial charge in [-0.1, -0.05) is 31.2 Å². The highest BCUT2D eigenvalue weighted by molar-refractivity contribution is 7.16. The summed E-state index contributed by atoms with van der Waals surface area (Å²) in [7, 11) is 0. The van der Waals surface area contributed by atoms with Crippen LogP contribution in [0.4, 0.5) is 10.8 Å². The first-order chi connectivity index (χ1) is 15.1. The highest BCUT2D eigenvalue weighted by Crippen LogP contribution is 2.38. The first kappa shape index (κ1) is 20.8. The molecule has 1 amide bonds. The SMILES string of the molecule is CCc1cc([C@@H](Nc2cc(C)ccn2)c2cccnc2)c(NC(=O)c2ccccc2)s1. The Bertz CT molecular complexity index is 1160. The van der Waals surface area contributed by atoms with Crippen molar-refractivity contribution in [1.82, 2.24) is 9.97 Å². The Hall–Kier alpha value is -3.51. The molecule has 0 saturated carbocycles. The summed E-state index contributed by atoms with van der Waals surface area (Å²) in [5.41, 5.74) is 3.76. The van der Waals surface area contributed by atoms with E-state index in [1.54, 1.807) is 23.7 Å². The molecule has 1 atom stereocenters. The summed E-state index contributed by atoms with van der Waals surface area (Å²) in [5.74, 6) is 0.656. The number of benzene rings is 1. The van der Waals surface area contributed by atoms with E-state index in [4.69, 9.17) is 0 Å². The number of aryl methyl sites for hydroxylation is 2. The van der Waals surface area contributed by atoms with Crippen LogP contribution in [0.15, 0.2) is 79.3 Å². The van der Waals surface area contributed by atoms with E-state index in [-0.39, 0.29) is 11.9 Å². The number of nitrogens with one attached hydrogen (secondary N) is 2. The van der Waals surface area contributed by atoms with Crippen molar-refractivity contribution in [2.75, 3.05) is 10.6 Å². The molecule has 31 heavy (non-hydrogen) atoms. The van der Waals surface area contributed by atoms with E-state index in [1.165, 1.54) is 4.88 Å².